The monoisotopic (exact) mass is 750 g/mol. The average Bonchev–Trinajstić information content (AvgIpc) is 3.50. The van der Waals surface area contributed by atoms with Crippen LogP contribution in [0.25, 0.3) is 22.2 Å². The van der Waals surface area contributed by atoms with Crippen LogP contribution in [0.5, 0.6) is 5.75 Å². The van der Waals surface area contributed by atoms with E-state index in [1.54, 1.807) is 47.4 Å². The van der Waals surface area contributed by atoms with Gasteiger partial charge in [-0.05, 0) is 86.1 Å². The number of halogens is 5. The van der Waals surface area contributed by atoms with Crippen LogP contribution < -0.4 is 15.0 Å². The molecule has 15 heteroatoms. The highest BCUT2D eigenvalue weighted by atomic mass is 19.4. The number of aromatic nitrogens is 4. The van der Waals surface area contributed by atoms with Crippen molar-refractivity contribution in [3.8, 4) is 17.0 Å². The maximum Gasteiger partial charge on any atom is 0.434 e. The molecule has 10 rings (SSSR count). The van der Waals surface area contributed by atoms with Crippen molar-refractivity contribution in [1.82, 2.24) is 24.8 Å². The zero-order valence-electron chi connectivity index (χ0n) is 29.2. The molecule has 4 bridgehead atoms. The fourth-order valence-electron chi connectivity index (χ4n) is 10.3. The van der Waals surface area contributed by atoms with E-state index in [0.29, 0.717) is 86.1 Å². The topological polar surface area (TPSA) is 122 Å². The molecule has 284 valence electrons. The summed E-state index contributed by atoms with van der Waals surface area (Å²) in [7, 11) is 0. The lowest BCUT2D eigenvalue weighted by atomic mass is 9.48. The molecule has 6 aliphatic rings. The molecule has 0 atom stereocenters. The Morgan fingerprint density at radius 2 is 1.59 bits per heavy atom. The molecule has 54 heavy (non-hydrogen) atoms. The van der Waals surface area contributed by atoms with Gasteiger partial charge >= 0.3 is 12.1 Å². The normalized spacial score (nSPS) is 27.9. The number of nitrogens with one attached hydrogen (secondary N) is 1. The second-order valence-corrected chi connectivity index (χ2v) is 15.9. The Morgan fingerprint density at radius 1 is 0.926 bits per heavy atom. The van der Waals surface area contributed by atoms with E-state index >= 15 is 0 Å². The van der Waals surface area contributed by atoms with Gasteiger partial charge in [-0.1, -0.05) is 0 Å². The van der Waals surface area contributed by atoms with Gasteiger partial charge in [0.25, 0.3) is 11.8 Å². The van der Waals surface area contributed by atoms with E-state index in [1.807, 2.05) is 0 Å². The number of pyridine rings is 1. The van der Waals surface area contributed by atoms with Gasteiger partial charge in [-0.3, -0.25) is 4.79 Å². The number of aliphatic carboxylic acids is 1. The zero-order valence-corrected chi connectivity index (χ0v) is 29.2. The number of hydrogen-bond acceptors (Lipinski definition) is 7. The molecule has 0 unspecified atom stereocenters. The second kappa shape index (κ2) is 12.6. The third-order valence-corrected chi connectivity index (χ3v) is 12.6. The van der Waals surface area contributed by atoms with E-state index in [4.69, 9.17) is 4.74 Å². The van der Waals surface area contributed by atoms with Crippen molar-refractivity contribution < 1.29 is 41.4 Å². The molecule has 4 heterocycles. The molecule has 6 fully saturated rings. The van der Waals surface area contributed by atoms with Crippen LogP contribution in [0.1, 0.15) is 79.9 Å². The standard InChI is InChI=1S/C39H39F5N6O4/c40-37(41)18-25(19-37)50-20-30(28-3-2-27(17-32(28)50)54-26-6-10-49(11-7-26)36-45-8-1-9-46-36)31-5-4-29(33(47-31)39(42,43)44)34(51)48-38(35(52)53)23-13-21-12-22(15-23)16-24(38)14-21/h1-5,8-9,17,20-26H,6-7,10-16,18-19H2,(H,48,51)(H,52,53). The molecular formula is C39H39F5N6O4. The Hall–Kier alpha value is -4.82. The number of alkyl halides is 5. The smallest absolute Gasteiger partial charge is 0.434 e. The number of fused-ring (bicyclic) bond motifs is 1. The summed E-state index contributed by atoms with van der Waals surface area (Å²) in [5.41, 5.74) is -3.14. The molecule has 10 nitrogen and oxygen atoms in total. The van der Waals surface area contributed by atoms with E-state index < -0.39 is 59.7 Å². The van der Waals surface area contributed by atoms with Gasteiger partial charge in [-0.2, -0.15) is 13.2 Å². The lowest BCUT2D eigenvalue weighted by Crippen LogP contribution is -2.70. The van der Waals surface area contributed by atoms with E-state index in [-0.39, 0.29) is 29.2 Å². The number of carboxylic acids is 1. The van der Waals surface area contributed by atoms with E-state index in [1.165, 1.54) is 6.07 Å². The number of nitrogens with zero attached hydrogens (tertiary/aromatic N) is 5. The number of carboxylic acid groups (broad SMARTS) is 1. The van der Waals surface area contributed by atoms with Crippen LogP contribution in [-0.4, -0.2) is 67.2 Å². The summed E-state index contributed by atoms with van der Waals surface area (Å²) in [5.74, 6) is -4.02. The first-order chi connectivity index (χ1) is 25.8. The van der Waals surface area contributed by atoms with Crippen LogP contribution in [0.2, 0.25) is 0 Å². The minimum atomic E-state index is -5.05. The molecule has 3 aromatic heterocycles. The number of piperidine rings is 1. The van der Waals surface area contributed by atoms with Crippen LogP contribution in [0, 0.1) is 23.7 Å². The summed E-state index contributed by atoms with van der Waals surface area (Å²) in [6, 6.07) is 8.63. The van der Waals surface area contributed by atoms with Crippen molar-refractivity contribution in [2.75, 3.05) is 18.0 Å². The molecular weight excluding hydrogens is 711 g/mol. The summed E-state index contributed by atoms with van der Waals surface area (Å²) < 4.78 is 80.5. The van der Waals surface area contributed by atoms with Crippen molar-refractivity contribution in [2.24, 2.45) is 23.7 Å². The number of rotatable bonds is 8. The third-order valence-electron chi connectivity index (χ3n) is 12.6. The highest BCUT2D eigenvalue weighted by molar-refractivity contribution is 6.00. The van der Waals surface area contributed by atoms with Gasteiger partial charge in [-0.15, -0.1) is 0 Å². The fourth-order valence-corrected chi connectivity index (χ4v) is 10.3. The predicted molar refractivity (Wildman–Crippen MR) is 186 cm³/mol. The van der Waals surface area contributed by atoms with Crippen molar-refractivity contribution in [3.63, 3.8) is 0 Å². The molecule has 1 saturated heterocycles. The van der Waals surface area contributed by atoms with Gasteiger partial charge in [0.1, 0.15) is 17.4 Å². The highest BCUT2D eigenvalue weighted by Crippen LogP contribution is 2.58. The van der Waals surface area contributed by atoms with Gasteiger partial charge in [0.2, 0.25) is 5.95 Å². The van der Waals surface area contributed by atoms with Crippen molar-refractivity contribution in [2.45, 2.75) is 87.6 Å². The van der Waals surface area contributed by atoms with Gasteiger partial charge in [0, 0.05) is 80.4 Å². The maximum atomic E-state index is 14.7. The number of ether oxygens (including phenoxy) is 1. The number of benzene rings is 1. The van der Waals surface area contributed by atoms with Gasteiger partial charge in [0.15, 0.2) is 5.69 Å². The van der Waals surface area contributed by atoms with E-state index in [2.05, 4.69) is 25.2 Å². The molecule has 0 spiro atoms. The average molecular weight is 751 g/mol. The molecule has 1 amide bonds. The first-order valence-corrected chi connectivity index (χ1v) is 18.6. The molecule has 4 aromatic rings. The molecule has 2 N–H and O–H groups in total. The second-order valence-electron chi connectivity index (χ2n) is 15.9. The van der Waals surface area contributed by atoms with Crippen molar-refractivity contribution in [1.29, 1.82) is 0 Å². The SMILES string of the molecule is O=C(NC1(C(=O)O)C2CC3CC(C2)CC1C3)c1ccc(-c2cn(C3CC(F)(F)C3)c3cc(OC4CCN(c5ncccn5)CC4)ccc23)nc1C(F)(F)F. The van der Waals surface area contributed by atoms with E-state index in [9.17, 15) is 36.6 Å². The largest absolute Gasteiger partial charge is 0.490 e. The number of amides is 1. The number of carbonyl (C=O) groups excluding carboxylic acids is 1. The summed E-state index contributed by atoms with van der Waals surface area (Å²) in [4.78, 5) is 41.3. The van der Waals surface area contributed by atoms with Crippen LogP contribution in [0.3, 0.4) is 0 Å². The van der Waals surface area contributed by atoms with E-state index in [0.717, 1.165) is 12.5 Å². The lowest BCUT2D eigenvalue weighted by Gasteiger charge is -2.59. The molecule has 1 aromatic carbocycles. The van der Waals surface area contributed by atoms with Crippen LogP contribution in [0.15, 0.2) is 55.0 Å². The molecule has 5 saturated carbocycles. The number of anilines is 1. The van der Waals surface area contributed by atoms with Crippen molar-refractivity contribution in [3.05, 3.63) is 66.2 Å². The number of hydrogen-bond donors (Lipinski definition) is 2. The van der Waals surface area contributed by atoms with Crippen LogP contribution in [-0.2, 0) is 11.0 Å². The summed E-state index contributed by atoms with van der Waals surface area (Å²) >= 11 is 0. The minimum absolute atomic E-state index is 0.0968. The molecule has 1 aliphatic heterocycles. The minimum Gasteiger partial charge on any atom is -0.490 e. The first-order valence-electron chi connectivity index (χ1n) is 18.6. The van der Waals surface area contributed by atoms with Crippen LogP contribution >= 0.6 is 0 Å². The summed E-state index contributed by atoms with van der Waals surface area (Å²) in [5, 5.41) is 13.6. The van der Waals surface area contributed by atoms with Gasteiger partial charge in [0.05, 0.1) is 16.8 Å². The maximum absolute atomic E-state index is 14.7. The fraction of sp³-hybridized carbons (Fsp3) is 0.513. The Labute approximate surface area is 307 Å². The number of carbonyl (C=O) groups is 2. The quantitative estimate of drug-likeness (QED) is 0.177. The Kier molecular flexibility index (Phi) is 8.16. The van der Waals surface area contributed by atoms with Crippen LogP contribution in [0.4, 0.5) is 27.9 Å². The first kappa shape index (κ1) is 34.9. The summed E-state index contributed by atoms with van der Waals surface area (Å²) in [6.45, 7) is 1.35. The zero-order chi connectivity index (χ0) is 37.6. The highest BCUT2D eigenvalue weighted by Gasteiger charge is 2.62. The van der Waals surface area contributed by atoms with Crippen molar-refractivity contribution >= 4 is 28.7 Å². The Balaban J connectivity index is 1.02. The van der Waals surface area contributed by atoms with Gasteiger partial charge < -0.3 is 24.6 Å². The predicted octanol–water partition coefficient (Wildman–Crippen LogP) is 7.54. The molecule has 5 aliphatic carbocycles. The third kappa shape index (κ3) is 5.94. The van der Waals surface area contributed by atoms with Gasteiger partial charge in [-0.25, -0.2) is 28.5 Å². The molecule has 0 radical (unpaired) electrons. The lowest BCUT2D eigenvalue weighted by molar-refractivity contribution is -0.163. The Bertz CT molecular complexity index is 2080. The summed E-state index contributed by atoms with van der Waals surface area (Å²) in [6.07, 6.45) is 3.78. The Morgan fingerprint density at radius 3 is 2.20 bits per heavy atom.